The summed E-state index contributed by atoms with van der Waals surface area (Å²) in [5, 5.41) is 0. The fourth-order valence-corrected chi connectivity index (χ4v) is 0. The Balaban J connectivity index is 3.79. The Morgan fingerprint density at radius 1 is 2.20 bits per heavy atom. The highest BCUT2D eigenvalue weighted by Crippen LogP contribution is 1.78. The van der Waals surface area contributed by atoms with Crippen LogP contribution in [-0.4, -0.2) is 6.26 Å². The van der Waals surface area contributed by atoms with Gasteiger partial charge in [-0.05, 0) is 0 Å². The molecule has 0 heterocycles. The van der Waals surface area contributed by atoms with Crippen molar-refractivity contribution in [1.82, 2.24) is 0 Å². The van der Waals surface area contributed by atoms with E-state index in [1.807, 2.05) is 0 Å². The molecule has 0 N–H and O–H groups in total. The van der Waals surface area contributed by atoms with E-state index in [2.05, 4.69) is 0 Å². The third-order valence-corrected chi connectivity index (χ3v) is 0.204. The van der Waals surface area contributed by atoms with Gasteiger partial charge in [-0.25, -0.2) is 0 Å². The summed E-state index contributed by atoms with van der Waals surface area (Å²) in [5.41, 5.74) is 0. The van der Waals surface area contributed by atoms with Gasteiger partial charge in [0, 0.05) is 7.26 Å². The lowest BCUT2D eigenvalue weighted by Crippen LogP contribution is -1.82. The number of aldehydes is 1. The smallest absolute Gasteiger partial charge is 0.122 e. The third kappa shape index (κ3) is 3.67. The van der Waals surface area contributed by atoms with E-state index < -0.39 is 12.2 Å². The molecule has 1 unspecified atom stereocenters. The minimum absolute atomic E-state index is 0.840. The summed E-state index contributed by atoms with van der Waals surface area (Å²) in [5.74, 6) is -1.22. The lowest BCUT2D eigenvalue weighted by atomic mass is 10.5. The van der Waals surface area contributed by atoms with E-state index in [0.717, 1.165) is 0 Å². The molecule has 0 fully saturated rings. The van der Waals surface area contributed by atoms with Crippen molar-refractivity contribution >= 4 is 6.26 Å². The van der Waals surface area contributed by atoms with Crippen molar-refractivity contribution in [3.05, 3.63) is 0 Å². The van der Waals surface area contributed by atoms with Crippen LogP contribution in [0, 0.1) is 5.89 Å². The van der Waals surface area contributed by atoms with Gasteiger partial charge in [-0.1, -0.05) is 13.8 Å². The molecule has 0 bridgehead atoms. The molecule has 0 aromatic rings. The number of carbonyl (C=O) groups excluding carboxylic acids is 1. The van der Waals surface area contributed by atoms with E-state index in [1.165, 1.54) is 13.8 Å². The maximum Gasteiger partial charge on any atom is 0.122 e. The summed E-state index contributed by atoms with van der Waals surface area (Å²) in [6, 6.07) is 0. The Labute approximate surface area is 34.8 Å². The van der Waals surface area contributed by atoms with Crippen LogP contribution in [0.3, 0.4) is 0 Å². The monoisotopic (exact) mass is 76.1 g/mol. The average Bonchev–Trinajstić information content (AvgIpc) is 1.31. The minimum atomic E-state index is -1.22. The second-order valence-corrected chi connectivity index (χ2v) is 1.10. The van der Waals surface area contributed by atoms with Gasteiger partial charge in [0.2, 0.25) is 0 Å². The van der Waals surface area contributed by atoms with Crippen LogP contribution in [0.4, 0.5) is 0 Å². The molecule has 0 spiro atoms. The lowest BCUT2D eigenvalue weighted by Gasteiger charge is -1.78. The molecule has 0 aromatic carbocycles. The van der Waals surface area contributed by atoms with Gasteiger partial charge in [0.15, 0.2) is 0 Å². The van der Waals surface area contributed by atoms with E-state index in [4.69, 9.17) is 2.74 Å². The molecular weight excluding hydrogens is 66.0 g/mol. The highest BCUT2D eigenvalue weighted by atomic mass is 16.2. The molecule has 0 aromatic heterocycles. The van der Waals surface area contributed by atoms with Crippen LogP contribution < -0.4 is 0 Å². The first-order valence-electron chi connectivity index (χ1n) is 2.45. The highest BCUT2D eigenvalue weighted by Gasteiger charge is 1.79. The zero-order valence-corrected chi connectivity index (χ0v) is 3.41. The molecule has 0 radical (unpaired) electrons. The fourth-order valence-electron chi connectivity index (χ4n) is 0. The van der Waals surface area contributed by atoms with Gasteiger partial charge in [-0.2, -0.15) is 0 Å². The van der Waals surface area contributed by atoms with Gasteiger partial charge in [-0.15, -0.1) is 0 Å². The zero-order valence-electron chi connectivity index (χ0n) is 5.41. The molecule has 0 aliphatic rings. The highest BCUT2D eigenvalue weighted by molar-refractivity contribution is 5.51. The number of rotatable bonds is 1. The first-order chi connectivity index (χ1) is 2.94. The molecule has 0 aliphatic heterocycles. The summed E-state index contributed by atoms with van der Waals surface area (Å²) in [6.45, 7) is 2.78. The first kappa shape index (κ1) is 1.96. The molecule has 1 atom stereocenters. The van der Waals surface area contributed by atoms with E-state index in [1.54, 1.807) is 0 Å². The van der Waals surface area contributed by atoms with Crippen LogP contribution in [0.2, 0.25) is 0 Å². The van der Waals surface area contributed by atoms with E-state index in [-0.39, 0.29) is 0 Å². The molecular formula is C4H8O. The average molecular weight is 76.1 g/mol. The van der Waals surface area contributed by atoms with Gasteiger partial charge < -0.3 is 4.79 Å². The molecule has 1 heteroatoms. The maximum atomic E-state index is 9.94. The minimum Gasteiger partial charge on any atom is -0.303 e. The summed E-state index contributed by atoms with van der Waals surface area (Å²) in [4.78, 5) is 9.94. The Hall–Kier alpha value is -0.330. The van der Waals surface area contributed by atoms with Crippen molar-refractivity contribution < 1.29 is 7.54 Å². The molecule has 5 heavy (non-hydrogen) atoms. The van der Waals surface area contributed by atoms with Crippen LogP contribution >= 0.6 is 0 Å². The van der Waals surface area contributed by atoms with Crippen molar-refractivity contribution in [3.8, 4) is 0 Å². The normalized spacial score (nSPS) is 26.0. The van der Waals surface area contributed by atoms with Crippen molar-refractivity contribution in [2.24, 2.45) is 5.89 Å². The number of carbonyl (C=O) groups is 1. The Bertz CT molecular complexity index is 82.2. The summed E-state index contributed by atoms with van der Waals surface area (Å²) in [6.07, 6.45) is -0.840. The van der Waals surface area contributed by atoms with Gasteiger partial charge >= 0.3 is 0 Å². The standard InChI is InChI=1S/C4H8O/c1-4(2)3-5/h3-4H,1-2H3/i1+1,3+1D,4D. The molecule has 0 rings (SSSR count). The Morgan fingerprint density at radius 3 is 2.40 bits per heavy atom. The van der Waals surface area contributed by atoms with Crippen molar-refractivity contribution in [2.75, 3.05) is 0 Å². The van der Waals surface area contributed by atoms with Crippen LogP contribution in [0.1, 0.15) is 16.6 Å². The van der Waals surface area contributed by atoms with Crippen LogP contribution in [-0.2, 0) is 4.79 Å². The van der Waals surface area contributed by atoms with E-state index in [0.29, 0.717) is 0 Å². The van der Waals surface area contributed by atoms with Gasteiger partial charge in [-0.3, -0.25) is 0 Å². The van der Waals surface area contributed by atoms with E-state index in [9.17, 15) is 4.79 Å². The van der Waals surface area contributed by atoms with Gasteiger partial charge in [0.25, 0.3) is 0 Å². The van der Waals surface area contributed by atoms with Crippen molar-refractivity contribution in [2.45, 2.75) is 13.8 Å². The maximum absolute atomic E-state index is 9.94. The van der Waals surface area contributed by atoms with E-state index >= 15 is 0 Å². The summed E-state index contributed by atoms with van der Waals surface area (Å²) in [7, 11) is 0. The lowest BCUT2D eigenvalue weighted by molar-refractivity contribution is -0.110. The Kier molecular flexibility index (Phi) is 0.760. The molecule has 0 amide bonds. The molecule has 0 aliphatic carbocycles. The van der Waals surface area contributed by atoms with Crippen molar-refractivity contribution in [1.29, 1.82) is 0 Å². The summed E-state index contributed by atoms with van der Waals surface area (Å²) < 4.78 is 13.3. The third-order valence-electron chi connectivity index (χ3n) is 0.204. The number of hydrogen-bond acceptors (Lipinski definition) is 1. The number of hydrogen-bond donors (Lipinski definition) is 0. The SMILES string of the molecule is [2H][13C](=O)C([2H])(C)[13CH3]. The second kappa shape index (κ2) is 1.94. The largest absolute Gasteiger partial charge is 0.303 e. The predicted molar refractivity (Wildman–Crippen MR) is 20.9 cm³/mol. The Morgan fingerprint density at radius 2 is 2.40 bits per heavy atom. The fraction of sp³-hybridized carbons (Fsp3) is 0.750. The quantitative estimate of drug-likeness (QED) is 0.334. The van der Waals surface area contributed by atoms with Gasteiger partial charge in [0.1, 0.15) is 7.63 Å². The first-order valence-corrected chi connectivity index (χ1v) is 1.45. The van der Waals surface area contributed by atoms with Crippen LogP contribution in [0.15, 0.2) is 0 Å². The zero-order chi connectivity index (χ0) is 6.08. The topological polar surface area (TPSA) is 17.1 Å². The van der Waals surface area contributed by atoms with Crippen LogP contribution in [0.25, 0.3) is 0 Å². The molecule has 0 saturated carbocycles. The predicted octanol–water partition coefficient (Wildman–Crippen LogP) is 0.841. The summed E-state index contributed by atoms with van der Waals surface area (Å²) >= 11 is 0. The van der Waals surface area contributed by atoms with Crippen molar-refractivity contribution in [3.63, 3.8) is 0 Å². The van der Waals surface area contributed by atoms with Gasteiger partial charge in [0.05, 0.1) is 0 Å². The molecule has 30 valence electrons. The molecule has 1 nitrogen and oxygen atoms in total. The van der Waals surface area contributed by atoms with Crippen LogP contribution in [0.5, 0.6) is 0 Å². The second-order valence-electron chi connectivity index (χ2n) is 1.10. The molecule has 0 saturated heterocycles.